The number of para-hydroxylation sites is 2. The smallest absolute Gasteiger partial charge is 0.337 e. The summed E-state index contributed by atoms with van der Waals surface area (Å²) in [6, 6.07) is 11.1. The third-order valence-electron chi connectivity index (χ3n) is 3.19. The van der Waals surface area contributed by atoms with Gasteiger partial charge in [-0.3, -0.25) is 4.57 Å². The van der Waals surface area contributed by atoms with Crippen molar-refractivity contribution in [1.82, 2.24) is 9.55 Å². The van der Waals surface area contributed by atoms with Gasteiger partial charge in [-0.2, -0.15) is 0 Å². The maximum Gasteiger partial charge on any atom is 0.337 e. The highest BCUT2D eigenvalue weighted by Crippen LogP contribution is 2.22. The molecule has 1 heterocycles. The Balaban J connectivity index is 2.31. The number of carboxylic acid groups (broad SMARTS) is 2. The van der Waals surface area contributed by atoms with Crippen molar-refractivity contribution < 1.29 is 19.8 Å². The molecule has 6 nitrogen and oxygen atoms in total. The molecule has 3 rings (SSSR count). The van der Waals surface area contributed by atoms with E-state index in [9.17, 15) is 14.7 Å². The molecular formula is C15H10N2O4. The van der Waals surface area contributed by atoms with E-state index in [1.54, 1.807) is 16.7 Å². The number of benzene rings is 2. The highest BCUT2D eigenvalue weighted by Gasteiger charge is 2.16. The predicted molar refractivity (Wildman–Crippen MR) is 75.0 cm³/mol. The molecule has 0 saturated heterocycles. The normalized spacial score (nSPS) is 10.7. The van der Waals surface area contributed by atoms with Crippen molar-refractivity contribution >= 4 is 23.0 Å². The van der Waals surface area contributed by atoms with E-state index in [1.165, 1.54) is 24.5 Å². The topological polar surface area (TPSA) is 92.4 Å². The minimum atomic E-state index is -1.13. The van der Waals surface area contributed by atoms with E-state index in [0.717, 1.165) is 0 Å². The Hall–Kier alpha value is -3.15. The summed E-state index contributed by atoms with van der Waals surface area (Å²) < 4.78 is 1.57. The van der Waals surface area contributed by atoms with Gasteiger partial charge < -0.3 is 10.2 Å². The number of fused-ring (bicyclic) bond motifs is 1. The molecule has 3 aromatic rings. The monoisotopic (exact) mass is 282 g/mol. The van der Waals surface area contributed by atoms with Crippen LogP contribution in [0.1, 0.15) is 20.7 Å². The number of aromatic carboxylic acids is 2. The molecule has 104 valence electrons. The van der Waals surface area contributed by atoms with Gasteiger partial charge in [0.2, 0.25) is 0 Å². The van der Waals surface area contributed by atoms with Crippen molar-refractivity contribution in [2.24, 2.45) is 0 Å². The highest BCUT2D eigenvalue weighted by atomic mass is 16.4. The maximum absolute atomic E-state index is 11.4. The minimum absolute atomic E-state index is 0.0168. The zero-order valence-electron chi connectivity index (χ0n) is 10.7. The number of carboxylic acids is 2. The summed E-state index contributed by atoms with van der Waals surface area (Å²) in [5, 5.41) is 18.4. The number of imidazole rings is 1. The largest absolute Gasteiger partial charge is 0.478 e. The summed E-state index contributed by atoms with van der Waals surface area (Å²) in [7, 11) is 0. The molecule has 0 aliphatic carbocycles. The average Bonchev–Trinajstić information content (AvgIpc) is 2.90. The lowest BCUT2D eigenvalue weighted by molar-refractivity contribution is 0.0681. The van der Waals surface area contributed by atoms with Crippen molar-refractivity contribution in [3.8, 4) is 5.69 Å². The number of hydrogen-bond donors (Lipinski definition) is 2. The predicted octanol–water partition coefficient (Wildman–Crippen LogP) is 2.42. The van der Waals surface area contributed by atoms with E-state index in [4.69, 9.17) is 5.11 Å². The van der Waals surface area contributed by atoms with Crippen LogP contribution in [0.3, 0.4) is 0 Å². The lowest BCUT2D eigenvalue weighted by atomic mass is 10.1. The van der Waals surface area contributed by atoms with Gasteiger partial charge in [-0.25, -0.2) is 14.6 Å². The van der Waals surface area contributed by atoms with Crippen LogP contribution < -0.4 is 0 Å². The van der Waals surface area contributed by atoms with Gasteiger partial charge in [-0.05, 0) is 30.3 Å². The fourth-order valence-electron chi connectivity index (χ4n) is 2.20. The van der Waals surface area contributed by atoms with Crippen molar-refractivity contribution in [3.63, 3.8) is 0 Å². The van der Waals surface area contributed by atoms with Crippen LogP contribution in [0.25, 0.3) is 16.7 Å². The van der Waals surface area contributed by atoms with Gasteiger partial charge in [-0.1, -0.05) is 12.1 Å². The van der Waals surface area contributed by atoms with Gasteiger partial charge in [0.1, 0.15) is 6.33 Å². The number of nitrogens with zero attached hydrogens (tertiary/aromatic N) is 2. The average molecular weight is 282 g/mol. The lowest BCUT2D eigenvalue weighted by Crippen LogP contribution is -2.07. The molecule has 1 aromatic heterocycles. The van der Waals surface area contributed by atoms with Crippen LogP contribution in [-0.4, -0.2) is 31.7 Å². The van der Waals surface area contributed by atoms with Crippen molar-refractivity contribution in [1.29, 1.82) is 0 Å². The maximum atomic E-state index is 11.4. The van der Waals surface area contributed by atoms with E-state index >= 15 is 0 Å². The van der Waals surface area contributed by atoms with Crippen molar-refractivity contribution in [3.05, 3.63) is 59.9 Å². The summed E-state index contributed by atoms with van der Waals surface area (Å²) >= 11 is 0. The third kappa shape index (κ3) is 2.12. The van der Waals surface area contributed by atoms with Gasteiger partial charge in [0.15, 0.2) is 0 Å². The fourth-order valence-corrected chi connectivity index (χ4v) is 2.20. The molecule has 0 amide bonds. The molecule has 2 N–H and O–H groups in total. The number of rotatable bonds is 3. The summed E-state index contributed by atoms with van der Waals surface area (Å²) in [4.78, 5) is 26.6. The number of carbonyl (C=O) groups is 2. The first-order chi connectivity index (χ1) is 10.1. The molecule has 0 aliphatic heterocycles. The first-order valence-corrected chi connectivity index (χ1v) is 6.11. The molecule has 21 heavy (non-hydrogen) atoms. The Kier molecular flexibility index (Phi) is 2.91. The fraction of sp³-hybridized carbons (Fsp3) is 0. The molecule has 0 spiro atoms. The summed E-state index contributed by atoms with van der Waals surface area (Å²) in [6.45, 7) is 0. The second kappa shape index (κ2) is 4.75. The number of hydrogen-bond acceptors (Lipinski definition) is 3. The van der Waals surface area contributed by atoms with Crippen LogP contribution in [0.5, 0.6) is 0 Å². The first kappa shape index (κ1) is 12.9. The Bertz CT molecular complexity index is 867. The molecule has 2 aromatic carbocycles. The van der Waals surface area contributed by atoms with E-state index in [1.807, 2.05) is 12.1 Å². The molecule has 0 fully saturated rings. The van der Waals surface area contributed by atoms with Gasteiger partial charge in [0, 0.05) is 0 Å². The summed E-state index contributed by atoms with van der Waals surface area (Å²) in [6.07, 6.45) is 1.48. The van der Waals surface area contributed by atoms with Crippen molar-refractivity contribution in [2.45, 2.75) is 0 Å². The SMILES string of the molecule is O=C(O)c1ccc(C(=O)O)c(-n2cnc3ccccc32)c1. The molecular weight excluding hydrogens is 272 g/mol. The first-order valence-electron chi connectivity index (χ1n) is 6.11. The van der Waals surface area contributed by atoms with E-state index in [2.05, 4.69) is 4.98 Å². The van der Waals surface area contributed by atoms with E-state index in [0.29, 0.717) is 11.0 Å². The van der Waals surface area contributed by atoms with Gasteiger partial charge in [-0.15, -0.1) is 0 Å². The molecule has 0 unspecified atom stereocenters. The molecule has 0 aliphatic rings. The molecule has 0 radical (unpaired) electrons. The minimum Gasteiger partial charge on any atom is -0.478 e. The van der Waals surface area contributed by atoms with Gasteiger partial charge in [0.05, 0.1) is 27.8 Å². The Morgan fingerprint density at radius 1 is 1.00 bits per heavy atom. The van der Waals surface area contributed by atoms with Crippen LogP contribution in [-0.2, 0) is 0 Å². The zero-order valence-corrected chi connectivity index (χ0v) is 10.7. The van der Waals surface area contributed by atoms with Crippen LogP contribution >= 0.6 is 0 Å². The van der Waals surface area contributed by atoms with Crippen LogP contribution in [0, 0.1) is 0 Å². The zero-order chi connectivity index (χ0) is 15.0. The standard InChI is InChI=1S/C15H10N2O4/c18-14(19)9-5-6-10(15(20)21)13(7-9)17-8-16-11-3-1-2-4-12(11)17/h1-8H,(H,18,19)(H,20,21). The third-order valence-corrected chi connectivity index (χ3v) is 3.19. The van der Waals surface area contributed by atoms with Crippen LogP contribution in [0.4, 0.5) is 0 Å². The Morgan fingerprint density at radius 2 is 1.76 bits per heavy atom. The molecule has 0 atom stereocenters. The number of aromatic nitrogens is 2. The second-order valence-electron chi connectivity index (χ2n) is 4.45. The van der Waals surface area contributed by atoms with Crippen molar-refractivity contribution in [2.75, 3.05) is 0 Å². The molecule has 0 saturated carbocycles. The Morgan fingerprint density at radius 3 is 2.48 bits per heavy atom. The lowest BCUT2D eigenvalue weighted by Gasteiger charge is -2.09. The molecule has 0 bridgehead atoms. The van der Waals surface area contributed by atoms with E-state index < -0.39 is 11.9 Å². The Labute approximate surface area is 118 Å². The summed E-state index contributed by atoms with van der Waals surface area (Å²) in [5.41, 5.74) is 1.73. The summed E-state index contributed by atoms with van der Waals surface area (Å²) in [5.74, 6) is -2.24. The molecule has 6 heteroatoms. The van der Waals surface area contributed by atoms with E-state index in [-0.39, 0.29) is 16.8 Å². The second-order valence-corrected chi connectivity index (χ2v) is 4.45. The van der Waals surface area contributed by atoms with Crippen LogP contribution in [0.15, 0.2) is 48.8 Å². The van der Waals surface area contributed by atoms with Crippen LogP contribution in [0.2, 0.25) is 0 Å². The van der Waals surface area contributed by atoms with Gasteiger partial charge >= 0.3 is 11.9 Å². The quantitative estimate of drug-likeness (QED) is 0.769. The van der Waals surface area contributed by atoms with Gasteiger partial charge in [0.25, 0.3) is 0 Å². The highest BCUT2D eigenvalue weighted by molar-refractivity contribution is 5.96.